The summed E-state index contributed by atoms with van der Waals surface area (Å²) in [5.41, 5.74) is 0. The molecule has 0 saturated heterocycles. The first-order valence-electron chi connectivity index (χ1n) is 5.15. The molecule has 0 heterocycles. The van der Waals surface area contributed by atoms with Crippen LogP contribution in [-0.2, 0) is 4.84 Å². The van der Waals surface area contributed by atoms with Crippen molar-refractivity contribution in [3.8, 4) is 0 Å². The summed E-state index contributed by atoms with van der Waals surface area (Å²) in [7, 11) is 0. The van der Waals surface area contributed by atoms with Crippen molar-refractivity contribution >= 4 is 0 Å². The second-order valence-electron chi connectivity index (χ2n) is 3.58. The van der Waals surface area contributed by atoms with Gasteiger partial charge in [0.1, 0.15) is 0 Å². The van der Waals surface area contributed by atoms with Gasteiger partial charge in [0.05, 0.1) is 13.2 Å². The average Bonchev–Trinajstić information content (AvgIpc) is 2.35. The molecule has 0 aliphatic heterocycles. The predicted octanol–water partition coefficient (Wildman–Crippen LogP) is -1.44. The van der Waals surface area contributed by atoms with E-state index in [4.69, 9.17) is 0 Å². The Morgan fingerprint density at radius 2 is 1.32 bits per heavy atom. The molecule has 0 spiro atoms. The minimum atomic E-state index is -4.03. The summed E-state index contributed by atoms with van der Waals surface area (Å²) in [6, 6.07) is 0. The first kappa shape index (κ1) is 18.6. The summed E-state index contributed by atoms with van der Waals surface area (Å²) in [6.45, 7) is -3.19. The van der Waals surface area contributed by atoms with Crippen molar-refractivity contribution in [1.82, 2.24) is 5.01 Å². The lowest BCUT2D eigenvalue weighted by molar-refractivity contribution is -0.973. The Morgan fingerprint density at radius 1 is 0.864 bits per heavy atom. The van der Waals surface area contributed by atoms with Crippen LogP contribution in [0, 0.1) is 50.6 Å². The van der Waals surface area contributed by atoms with Gasteiger partial charge in [0.25, 0.3) is 11.6 Å². The maximum Gasteiger partial charge on any atom is 0.723 e. The molecule has 0 atom stereocenters. The SMILES string of the molecule is O=[N+]([O-])OCCCN(CC([N+](=O)[O-])([N+](=O)[O-])[N+](=O)[O-])[N+](=O)[O-]. The quantitative estimate of drug-likeness (QED) is 0.184. The highest BCUT2D eigenvalue weighted by atomic mass is 16.9. The zero-order valence-electron chi connectivity index (χ0n) is 10.5. The van der Waals surface area contributed by atoms with E-state index in [1.165, 1.54) is 0 Å². The number of hydrogen-bond donors (Lipinski definition) is 0. The van der Waals surface area contributed by atoms with Gasteiger partial charge in [0.15, 0.2) is 19.8 Å². The number of hydrogen-bond acceptors (Lipinski definition) is 11. The lowest BCUT2D eigenvalue weighted by atomic mass is 10.3. The maximum atomic E-state index is 10.7. The molecule has 0 aromatic carbocycles. The second kappa shape index (κ2) is 7.40. The highest BCUT2D eigenvalue weighted by Crippen LogP contribution is 2.15. The van der Waals surface area contributed by atoms with E-state index in [0.29, 0.717) is 0 Å². The smallest absolute Gasteiger partial charge is 0.314 e. The molecular formula is C5H8N6O11. The van der Waals surface area contributed by atoms with E-state index < -0.39 is 56.8 Å². The summed E-state index contributed by atoms with van der Waals surface area (Å²) in [4.78, 5) is 50.7. The van der Waals surface area contributed by atoms with Crippen LogP contribution in [0.4, 0.5) is 0 Å². The van der Waals surface area contributed by atoms with Crippen molar-refractivity contribution in [2.45, 2.75) is 12.2 Å². The zero-order valence-corrected chi connectivity index (χ0v) is 10.5. The molecule has 0 unspecified atom stereocenters. The number of nitro groups is 4. The summed E-state index contributed by atoms with van der Waals surface area (Å²) < 4.78 is 0. The lowest BCUT2D eigenvalue weighted by Gasteiger charge is -2.15. The molecule has 0 fully saturated rings. The topological polar surface area (TPSA) is 228 Å². The predicted molar refractivity (Wildman–Crippen MR) is 59.8 cm³/mol. The van der Waals surface area contributed by atoms with Gasteiger partial charge in [-0.15, -0.1) is 15.1 Å². The average molecular weight is 328 g/mol. The summed E-state index contributed by atoms with van der Waals surface area (Å²) in [5.74, 6) is -4.03. The van der Waals surface area contributed by atoms with Crippen molar-refractivity contribution in [3.63, 3.8) is 0 Å². The van der Waals surface area contributed by atoms with Crippen LogP contribution in [-0.4, -0.2) is 55.4 Å². The monoisotopic (exact) mass is 328 g/mol. The van der Waals surface area contributed by atoms with Gasteiger partial charge in [0, 0.05) is 0 Å². The molecule has 124 valence electrons. The van der Waals surface area contributed by atoms with Crippen LogP contribution < -0.4 is 0 Å². The second-order valence-corrected chi connectivity index (χ2v) is 3.58. The maximum absolute atomic E-state index is 10.7. The standard InChI is InChI=1S/C5H8N6O11/c12-7(13)5(8(14)15,9(16)17)4-6(10(18)19)2-1-3-22-11(20)21/h1-4H2. The van der Waals surface area contributed by atoms with E-state index in [1.54, 1.807) is 0 Å². The Balaban J connectivity index is 5.13. The fourth-order valence-corrected chi connectivity index (χ4v) is 1.22. The van der Waals surface area contributed by atoms with Crippen molar-refractivity contribution in [2.24, 2.45) is 0 Å². The van der Waals surface area contributed by atoms with E-state index in [2.05, 4.69) is 4.84 Å². The number of nitrogens with zero attached hydrogens (tertiary/aromatic N) is 6. The van der Waals surface area contributed by atoms with Crippen LogP contribution >= 0.6 is 0 Å². The van der Waals surface area contributed by atoms with Crippen molar-refractivity contribution in [2.75, 3.05) is 19.7 Å². The van der Waals surface area contributed by atoms with E-state index in [1.807, 2.05) is 0 Å². The van der Waals surface area contributed by atoms with Gasteiger partial charge in [-0.3, -0.25) is 30.3 Å². The fourth-order valence-electron chi connectivity index (χ4n) is 1.22. The van der Waals surface area contributed by atoms with Gasteiger partial charge in [-0.25, -0.2) is 10.1 Å². The van der Waals surface area contributed by atoms with Gasteiger partial charge in [0.2, 0.25) is 0 Å². The van der Waals surface area contributed by atoms with Gasteiger partial charge >= 0.3 is 5.79 Å². The molecule has 17 heteroatoms. The Morgan fingerprint density at radius 3 is 1.64 bits per heavy atom. The molecule has 0 saturated carbocycles. The fraction of sp³-hybridized carbons (Fsp3) is 1.00. The molecule has 0 amide bonds. The van der Waals surface area contributed by atoms with Gasteiger partial charge in [-0.2, -0.15) is 0 Å². The third kappa shape index (κ3) is 4.31. The van der Waals surface area contributed by atoms with Crippen molar-refractivity contribution in [3.05, 3.63) is 50.6 Å². The molecule has 0 rings (SSSR count). The molecule has 17 nitrogen and oxygen atoms in total. The molecular weight excluding hydrogens is 320 g/mol. The third-order valence-corrected chi connectivity index (χ3v) is 2.26. The van der Waals surface area contributed by atoms with Crippen LogP contribution in [0.2, 0.25) is 0 Å². The Bertz CT molecular complexity index is 455. The summed E-state index contributed by atoms with van der Waals surface area (Å²) >= 11 is 0. The zero-order chi connectivity index (χ0) is 17.5. The van der Waals surface area contributed by atoms with E-state index in [-0.39, 0.29) is 5.01 Å². The number of hydrazine groups is 1. The van der Waals surface area contributed by atoms with Crippen LogP contribution in [0.15, 0.2) is 0 Å². The molecule has 0 aliphatic carbocycles. The molecule has 0 aromatic heterocycles. The van der Waals surface area contributed by atoms with Gasteiger partial charge < -0.3 is 4.84 Å². The normalized spacial score (nSPS) is 10.5. The first-order valence-corrected chi connectivity index (χ1v) is 5.15. The Hall–Kier alpha value is -3.40. The molecule has 0 radical (unpaired) electrons. The minimum Gasteiger partial charge on any atom is -0.314 e. The van der Waals surface area contributed by atoms with Crippen molar-refractivity contribution < 1.29 is 29.7 Å². The van der Waals surface area contributed by atoms with Crippen molar-refractivity contribution in [1.29, 1.82) is 0 Å². The van der Waals surface area contributed by atoms with Gasteiger partial charge in [-0.1, -0.05) is 0 Å². The van der Waals surface area contributed by atoms with Crippen LogP contribution in [0.5, 0.6) is 0 Å². The van der Waals surface area contributed by atoms with Crippen LogP contribution in [0.3, 0.4) is 0 Å². The van der Waals surface area contributed by atoms with E-state index in [0.717, 1.165) is 0 Å². The summed E-state index contributed by atoms with van der Waals surface area (Å²) in [5, 5.41) is 49.7. The van der Waals surface area contributed by atoms with E-state index >= 15 is 0 Å². The highest BCUT2D eigenvalue weighted by molar-refractivity contribution is 4.58. The molecule has 0 bridgehead atoms. The largest absolute Gasteiger partial charge is 0.723 e. The Kier molecular flexibility index (Phi) is 6.26. The lowest BCUT2D eigenvalue weighted by Crippen LogP contribution is -2.61. The highest BCUT2D eigenvalue weighted by Gasteiger charge is 2.73. The molecule has 0 N–H and O–H groups in total. The Labute approximate surface area is 118 Å². The summed E-state index contributed by atoms with van der Waals surface area (Å²) in [6.07, 6.45) is -0.425. The third-order valence-electron chi connectivity index (χ3n) is 2.26. The van der Waals surface area contributed by atoms with E-state index in [9.17, 15) is 50.6 Å². The molecule has 0 aliphatic rings. The van der Waals surface area contributed by atoms with Crippen LogP contribution in [0.25, 0.3) is 0 Å². The molecule has 0 aromatic rings. The van der Waals surface area contributed by atoms with Gasteiger partial charge in [-0.05, 0) is 6.42 Å². The first-order chi connectivity index (χ1) is 10.1. The number of rotatable bonds is 11. The minimum absolute atomic E-state index is 0.155. The van der Waals surface area contributed by atoms with Crippen LogP contribution in [0.1, 0.15) is 6.42 Å². The molecule has 22 heavy (non-hydrogen) atoms.